The molecule has 32 heavy (non-hydrogen) atoms. The number of nitrogens with zero attached hydrogens (tertiary/aromatic N) is 1. The highest BCUT2D eigenvalue weighted by Gasteiger charge is 2.42. The van der Waals surface area contributed by atoms with Gasteiger partial charge in [0.2, 0.25) is 12.3 Å². The molecule has 1 aliphatic heterocycles. The number of aromatic nitrogens is 1. The van der Waals surface area contributed by atoms with Crippen LogP contribution in [0.1, 0.15) is 50.7 Å². The summed E-state index contributed by atoms with van der Waals surface area (Å²) in [5.74, 6) is -0.192. The highest BCUT2D eigenvalue weighted by molar-refractivity contribution is 6.43. The van der Waals surface area contributed by atoms with E-state index in [1.165, 1.54) is 0 Å². The Labute approximate surface area is 197 Å². The maximum Gasteiger partial charge on any atom is 0.258 e. The zero-order valence-corrected chi connectivity index (χ0v) is 20.3. The quantitative estimate of drug-likeness (QED) is 0.417. The molecule has 0 aliphatic carbocycles. The summed E-state index contributed by atoms with van der Waals surface area (Å²) in [5, 5.41) is 19.8. The molecular formula is C22H29Cl2N5O3. The number of amides is 2. The molecular weight excluding hydrogens is 453 g/mol. The number of aliphatic hydroxyl groups excluding tert-OH is 1. The van der Waals surface area contributed by atoms with Crippen LogP contribution in [0.2, 0.25) is 10.0 Å². The first-order valence-corrected chi connectivity index (χ1v) is 11.1. The van der Waals surface area contributed by atoms with Gasteiger partial charge in [0.15, 0.2) is 0 Å². The standard InChI is InChI=1S/C22H29Cl2N5O3/c1-21(2,3)15-11-12(18(30)29-10-9-25-19(31)22(29,4)5)17(27-15)28-20(32)26-14-8-6-7-13(23)16(14)24/h6-8,11,20,26-28,32H,9-10H2,1-5H3,(H,25,31). The first-order valence-electron chi connectivity index (χ1n) is 10.3. The second-order valence-electron chi connectivity index (χ2n) is 9.29. The number of carbonyl (C=O) groups excluding carboxylic acids is 2. The summed E-state index contributed by atoms with van der Waals surface area (Å²) in [5.41, 5.74) is 0.282. The third kappa shape index (κ3) is 4.82. The van der Waals surface area contributed by atoms with Crippen LogP contribution in [0.4, 0.5) is 11.5 Å². The first-order chi connectivity index (χ1) is 14.8. The number of piperazine rings is 1. The zero-order valence-electron chi connectivity index (χ0n) is 18.8. The Morgan fingerprint density at radius 1 is 1.25 bits per heavy atom. The van der Waals surface area contributed by atoms with Gasteiger partial charge in [0.25, 0.3) is 5.91 Å². The van der Waals surface area contributed by atoms with E-state index in [2.05, 4.69) is 20.9 Å². The van der Waals surface area contributed by atoms with Gasteiger partial charge >= 0.3 is 0 Å². The number of nitrogens with one attached hydrogen (secondary N) is 4. The first kappa shape index (κ1) is 24.2. The number of aromatic amines is 1. The summed E-state index contributed by atoms with van der Waals surface area (Å²) in [4.78, 5) is 30.6. The molecule has 0 spiro atoms. The number of carbonyl (C=O) groups is 2. The van der Waals surface area contributed by atoms with Crippen LogP contribution >= 0.6 is 23.2 Å². The van der Waals surface area contributed by atoms with Crippen LogP contribution in [0.25, 0.3) is 0 Å². The lowest BCUT2D eigenvalue weighted by Crippen LogP contribution is -2.63. The number of halogens is 2. The van der Waals surface area contributed by atoms with E-state index in [0.29, 0.717) is 35.2 Å². The minimum absolute atomic E-state index is 0.213. The molecule has 1 saturated heterocycles. The van der Waals surface area contributed by atoms with Crippen molar-refractivity contribution in [3.05, 3.63) is 45.6 Å². The van der Waals surface area contributed by atoms with Gasteiger partial charge in [-0.25, -0.2) is 0 Å². The number of hydrogen-bond donors (Lipinski definition) is 5. The van der Waals surface area contributed by atoms with Crippen LogP contribution in [0.15, 0.2) is 24.3 Å². The topological polar surface area (TPSA) is 109 Å². The smallest absolute Gasteiger partial charge is 0.258 e. The molecule has 3 rings (SSSR count). The number of aliphatic hydroxyl groups is 1. The van der Waals surface area contributed by atoms with Gasteiger partial charge < -0.3 is 30.9 Å². The van der Waals surface area contributed by atoms with E-state index in [-0.39, 0.29) is 22.3 Å². The van der Waals surface area contributed by atoms with Crippen molar-refractivity contribution >= 4 is 46.5 Å². The third-order valence-electron chi connectivity index (χ3n) is 5.48. The van der Waals surface area contributed by atoms with Gasteiger partial charge in [-0.05, 0) is 32.0 Å². The molecule has 8 nitrogen and oxygen atoms in total. The molecule has 1 unspecified atom stereocenters. The number of rotatable bonds is 5. The fourth-order valence-corrected chi connectivity index (χ4v) is 3.83. The molecule has 1 aromatic heterocycles. The fraction of sp³-hybridized carbons (Fsp3) is 0.455. The van der Waals surface area contributed by atoms with Gasteiger partial charge in [0.1, 0.15) is 11.4 Å². The van der Waals surface area contributed by atoms with Crippen molar-refractivity contribution in [1.29, 1.82) is 0 Å². The lowest BCUT2D eigenvalue weighted by molar-refractivity contribution is -0.133. The summed E-state index contributed by atoms with van der Waals surface area (Å²) in [6.07, 6.45) is -1.28. The van der Waals surface area contributed by atoms with E-state index >= 15 is 0 Å². The minimum Gasteiger partial charge on any atom is -0.357 e. The monoisotopic (exact) mass is 481 g/mol. The van der Waals surface area contributed by atoms with Crippen LogP contribution < -0.4 is 16.0 Å². The summed E-state index contributed by atoms with van der Waals surface area (Å²) < 4.78 is 0. The van der Waals surface area contributed by atoms with Crippen molar-refractivity contribution in [2.45, 2.75) is 51.9 Å². The van der Waals surface area contributed by atoms with E-state index in [1.807, 2.05) is 20.8 Å². The predicted molar refractivity (Wildman–Crippen MR) is 127 cm³/mol. The molecule has 2 heterocycles. The van der Waals surface area contributed by atoms with Crippen molar-refractivity contribution in [2.24, 2.45) is 0 Å². The second-order valence-corrected chi connectivity index (χ2v) is 10.1. The van der Waals surface area contributed by atoms with Gasteiger partial charge in [-0.3, -0.25) is 9.59 Å². The van der Waals surface area contributed by atoms with Crippen LogP contribution in [-0.2, 0) is 10.2 Å². The molecule has 2 amide bonds. The van der Waals surface area contributed by atoms with Gasteiger partial charge in [-0.2, -0.15) is 0 Å². The maximum absolute atomic E-state index is 13.5. The Bertz CT molecular complexity index is 1030. The van der Waals surface area contributed by atoms with E-state index in [9.17, 15) is 14.7 Å². The Hall–Kier alpha value is -2.42. The molecule has 5 N–H and O–H groups in total. The van der Waals surface area contributed by atoms with Crippen molar-refractivity contribution < 1.29 is 14.7 Å². The number of hydrogen-bond acceptors (Lipinski definition) is 5. The third-order valence-corrected chi connectivity index (χ3v) is 6.30. The van der Waals surface area contributed by atoms with E-state index in [4.69, 9.17) is 23.2 Å². The highest BCUT2D eigenvalue weighted by atomic mass is 35.5. The predicted octanol–water partition coefficient (Wildman–Crippen LogP) is 3.77. The van der Waals surface area contributed by atoms with Gasteiger partial charge in [-0.1, -0.05) is 50.0 Å². The molecule has 1 aliphatic rings. The SMILES string of the molecule is CC(C)(C)c1cc(C(=O)N2CCNC(=O)C2(C)C)c(NC(O)Nc2cccc(Cl)c2Cl)[nH]1. The summed E-state index contributed by atoms with van der Waals surface area (Å²) in [6, 6.07) is 6.78. The molecule has 0 bridgehead atoms. The van der Waals surface area contributed by atoms with Crippen LogP contribution in [0.3, 0.4) is 0 Å². The zero-order chi connectivity index (χ0) is 23.8. The van der Waals surface area contributed by atoms with E-state index in [1.54, 1.807) is 43.0 Å². The normalized spacial score (nSPS) is 17.0. The van der Waals surface area contributed by atoms with Crippen molar-refractivity contribution in [2.75, 3.05) is 23.7 Å². The fourth-order valence-electron chi connectivity index (χ4n) is 3.48. The lowest BCUT2D eigenvalue weighted by Gasteiger charge is -2.41. The number of H-pyrrole nitrogens is 1. The van der Waals surface area contributed by atoms with Gasteiger partial charge in [0.05, 0.1) is 21.3 Å². The molecule has 1 atom stereocenters. The molecule has 10 heteroatoms. The number of anilines is 2. The van der Waals surface area contributed by atoms with Crippen LogP contribution in [-0.4, -0.2) is 51.8 Å². The van der Waals surface area contributed by atoms with Crippen molar-refractivity contribution in [3.63, 3.8) is 0 Å². The van der Waals surface area contributed by atoms with Gasteiger partial charge in [0, 0.05) is 24.2 Å². The van der Waals surface area contributed by atoms with Crippen molar-refractivity contribution in [1.82, 2.24) is 15.2 Å². The van der Waals surface area contributed by atoms with Crippen LogP contribution in [0.5, 0.6) is 0 Å². The average Bonchev–Trinajstić information content (AvgIpc) is 3.11. The van der Waals surface area contributed by atoms with Crippen LogP contribution in [0, 0.1) is 0 Å². The largest absolute Gasteiger partial charge is 0.357 e. The average molecular weight is 482 g/mol. The molecule has 2 aromatic rings. The molecule has 0 saturated carbocycles. The molecule has 174 valence electrons. The highest BCUT2D eigenvalue weighted by Crippen LogP contribution is 2.32. The second kappa shape index (κ2) is 8.84. The molecule has 0 radical (unpaired) electrons. The number of benzene rings is 1. The summed E-state index contributed by atoms with van der Waals surface area (Å²) in [6.45, 7) is 10.2. The Kier molecular flexibility index (Phi) is 6.70. The summed E-state index contributed by atoms with van der Waals surface area (Å²) >= 11 is 12.2. The van der Waals surface area contributed by atoms with Gasteiger partial charge in [-0.15, -0.1) is 0 Å². The minimum atomic E-state index is -1.28. The maximum atomic E-state index is 13.5. The lowest BCUT2D eigenvalue weighted by atomic mass is 9.92. The van der Waals surface area contributed by atoms with Crippen molar-refractivity contribution in [3.8, 4) is 0 Å². The van der Waals surface area contributed by atoms with E-state index in [0.717, 1.165) is 5.69 Å². The molecule has 1 fully saturated rings. The molecule has 1 aromatic carbocycles. The Morgan fingerprint density at radius 3 is 2.59 bits per heavy atom. The Morgan fingerprint density at radius 2 is 1.94 bits per heavy atom. The Balaban J connectivity index is 1.91. The summed E-state index contributed by atoms with van der Waals surface area (Å²) in [7, 11) is 0. The van der Waals surface area contributed by atoms with E-state index < -0.39 is 11.9 Å².